The molecule has 0 bridgehead atoms. The van der Waals surface area contributed by atoms with E-state index in [2.05, 4.69) is 0 Å². The molecule has 0 saturated carbocycles. The molecule has 0 saturated heterocycles. The molecule has 0 aliphatic heterocycles. The lowest BCUT2D eigenvalue weighted by molar-refractivity contribution is 0.241. The van der Waals surface area contributed by atoms with Gasteiger partial charge in [0.15, 0.2) is 0 Å². The van der Waals surface area contributed by atoms with E-state index in [0.29, 0.717) is 5.75 Å². The quantitative estimate of drug-likeness (QED) is 0.564. The van der Waals surface area contributed by atoms with Crippen LogP contribution in [0, 0.1) is 0 Å². The zero-order valence-electron chi connectivity index (χ0n) is 7.56. The van der Waals surface area contributed by atoms with Gasteiger partial charge in [-0.25, -0.2) is 0 Å². The predicted octanol–water partition coefficient (Wildman–Crippen LogP) is 0.679. The van der Waals surface area contributed by atoms with Crippen molar-refractivity contribution in [1.82, 2.24) is 4.90 Å². The fourth-order valence-corrected chi connectivity index (χ4v) is 1.94. The van der Waals surface area contributed by atoms with Crippen LogP contribution in [0.1, 0.15) is 6.42 Å². The van der Waals surface area contributed by atoms with Crippen molar-refractivity contribution in [2.24, 2.45) is 0 Å². The van der Waals surface area contributed by atoms with E-state index < -0.39 is 10.1 Å². The van der Waals surface area contributed by atoms with Crippen molar-refractivity contribution >= 4 is 27.1 Å². The number of carbonyl (C=O) groups excluding carboxylic acids is 1. The third-order valence-corrected chi connectivity index (χ3v) is 3.05. The van der Waals surface area contributed by atoms with Gasteiger partial charge in [0.1, 0.15) is 0 Å². The SMILES string of the molecule is CN(C)C(=O)SCCCS(=O)(=O)O. The van der Waals surface area contributed by atoms with Crippen LogP contribution < -0.4 is 0 Å². The minimum atomic E-state index is -3.88. The van der Waals surface area contributed by atoms with Gasteiger partial charge < -0.3 is 4.90 Å². The largest absolute Gasteiger partial charge is 0.340 e. The van der Waals surface area contributed by atoms with Crippen LogP contribution in [0.2, 0.25) is 0 Å². The average Bonchev–Trinajstić information content (AvgIpc) is 1.95. The summed E-state index contributed by atoms with van der Waals surface area (Å²) in [6, 6.07) is 0. The second-order valence-corrected chi connectivity index (χ2v) is 5.27. The molecule has 0 fully saturated rings. The molecule has 0 aromatic carbocycles. The standard InChI is InChI=1S/C6H13NO4S2/c1-7(2)6(8)12-4-3-5-13(9,10)11/h3-5H2,1-2H3,(H,9,10,11). The summed E-state index contributed by atoms with van der Waals surface area (Å²) in [4.78, 5) is 12.4. The Morgan fingerprint density at radius 1 is 1.46 bits per heavy atom. The molecule has 0 aliphatic rings. The molecule has 0 spiro atoms. The van der Waals surface area contributed by atoms with Gasteiger partial charge >= 0.3 is 0 Å². The number of hydrogen-bond acceptors (Lipinski definition) is 4. The summed E-state index contributed by atoms with van der Waals surface area (Å²) in [5.41, 5.74) is 0. The highest BCUT2D eigenvalue weighted by atomic mass is 32.2. The molecule has 78 valence electrons. The highest BCUT2D eigenvalue weighted by molar-refractivity contribution is 8.13. The second-order valence-electron chi connectivity index (χ2n) is 2.65. The van der Waals surface area contributed by atoms with Gasteiger partial charge in [0.05, 0.1) is 5.75 Å². The Kier molecular flexibility index (Phi) is 5.34. The maximum Gasteiger partial charge on any atom is 0.281 e. The highest BCUT2D eigenvalue weighted by Crippen LogP contribution is 2.07. The number of hydrogen-bond donors (Lipinski definition) is 1. The van der Waals surface area contributed by atoms with Gasteiger partial charge in [-0.2, -0.15) is 8.42 Å². The van der Waals surface area contributed by atoms with Gasteiger partial charge in [0.25, 0.3) is 15.4 Å². The number of amides is 1. The van der Waals surface area contributed by atoms with Gasteiger partial charge in [-0.3, -0.25) is 9.35 Å². The molecule has 0 unspecified atom stereocenters. The van der Waals surface area contributed by atoms with E-state index in [0.717, 1.165) is 11.8 Å². The van der Waals surface area contributed by atoms with Crippen molar-refractivity contribution in [1.29, 1.82) is 0 Å². The Balaban J connectivity index is 3.53. The van der Waals surface area contributed by atoms with E-state index in [1.165, 1.54) is 4.90 Å². The zero-order valence-corrected chi connectivity index (χ0v) is 9.19. The molecule has 13 heavy (non-hydrogen) atoms. The van der Waals surface area contributed by atoms with E-state index in [4.69, 9.17) is 4.55 Å². The van der Waals surface area contributed by atoms with Gasteiger partial charge in [-0.1, -0.05) is 11.8 Å². The first-order chi connectivity index (χ1) is 5.83. The maximum absolute atomic E-state index is 10.9. The Morgan fingerprint density at radius 3 is 2.38 bits per heavy atom. The summed E-state index contributed by atoms with van der Waals surface area (Å²) < 4.78 is 28.9. The van der Waals surface area contributed by atoms with Crippen LogP contribution in [-0.2, 0) is 10.1 Å². The lowest BCUT2D eigenvalue weighted by Gasteiger charge is -2.08. The fourth-order valence-electron chi connectivity index (χ4n) is 0.530. The summed E-state index contributed by atoms with van der Waals surface area (Å²) in [6.45, 7) is 0. The molecule has 1 N–H and O–H groups in total. The number of carbonyl (C=O) groups is 1. The third kappa shape index (κ3) is 8.07. The Bertz CT molecular complexity index is 260. The third-order valence-electron chi connectivity index (χ3n) is 1.14. The predicted molar refractivity (Wildman–Crippen MR) is 52.6 cm³/mol. The molecule has 0 radical (unpaired) electrons. The van der Waals surface area contributed by atoms with E-state index in [-0.39, 0.29) is 17.4 Å². The summed E-state index contributed by atoms with van der Waals surface area (Å²) in [6.07, 6.45) is 0.281. The van der Waals surface area contributed by atoms with Crippen LogP contribution in [0.4, 0.5) is 4.79 Å². The van der Waals surface area contributed by atoms with Crippen molar-refractivity contribution in [2.45, 2.75) is 6.42 Å². The molecular weight excluding hydrogens is 214 g/mol. The molecular formula is C6H13NO4S2. The fraction of sp³-hybridized carbons (Fsp3) is 0.833. The molecule has 1 amide bonds. The Morgan fingerprint density at radius 2 is 2.00 bits per heavy atom. The lowest BCUT2D eigenvalue weighted by Crippen LogP contribution is -2.17. The molecule has 0 aromatic heterocycles. The summed E-state index contributed by atoms with van der Waals surface area (Å²) in [5.74, 6) is 0.109. The van der Waals surface area contributed by atoms with Crippen LogP contribution in [0.3, 0.4) is 0 Å². The van der Waals surface area contributed by atoms with E-state index in [9.17, 15) is 13.2 Å². The summed E-state index contributed by atoms with van der Waals surface area (Å²) >= 11 is 1.04. The molecule has 0 aliphatic carbocycles. The monoisotopic (exact) mass is 227 g/mol. The van der Waals surface area contributed by atoms with E-state index in [1.54, 1.807) is 14.1 Å². The average molecular weight is 227 g/mol. The lowest BCUT2D eigenvalue weighted by atomic mass is 10.6. The van der Waals surface area contributed by atoms with Crippen LogP contribution in [0.25, 0.3) is 0 Å². The van der Waals surface area contributed by atoms with Crippen LogP contribution in [0.5, 0.6) is 0 Å². The van der Waals surface area contributed by atoms with Gasteiger partial charge in [0, 0.05) is 19.8 Å². The molecule has 0 aromatic rings. The zero-order chi connectivity index (χ0) is 10.5. The van der Waals surface area contributed by atoms with Crippen molar-refractivity contribution in [3.8, 4) is 0 Å². The van der Waals surface area contributed by atoms with Crippen LogP contribution in [-0.4, -0.2) is 48.7 Å². The number of nitrogens with zero attached hydrogens (tertiary/aromatic N) is 1. The molecule has 0 rings (SSSR count). The topological polar surface area (TPSA) is 74.7 Å². The molecule has 7 heteroatoms. The Hall–Kier alpha value is -0.270. The maximum atomic E-state index is 10.9. The van der Waals surface area contributed by atoms with E-state index >= 15 is 0 Å². The van der Waals surface area contributed by atoms with Crippen molar-refractivity contribution < 1.29 is 17.8 Å². The number of thioether (sulfide) groups is 1. The van der Waals surface area contributed by atoms with Crippen molar-refractivity contribution in [3.05, 3.63) is 0 Å². The second kappa shape index (κ2) is 5.46. The first kappa shape index (κ1) is 12.7. The molecule has 0 heterocycles. The smallest absolute Gasteiger partial charge is 0.281 e. The summed E-state index contributed by atoms with van der Waals surface area (Å²) in [7, 11) is -0.634. The van der Waals surface area contributed by atoms with E-state index in [1.807, 2.05) is 0 Å². The number of rotatable bonds is 4. The summed E-state index contributed by atoms with van der Waals surface area (Å²) in [5, 5.41) is -0.115. The first-order valence-corrected chi connectivity index (χ1v) is 6.21. The normalized spacial score (nSPS) is 11.3. The van der Waals surface area contributed by atoms with Gasteiger partial charge in [0.2, 0.25) is 0 Å². The van der Waals surface area contributed by atoms with Gasteiger partial charge in [-0.15, -0.1) is 0 Å². The minimum Gasteiger partial charge on any atom is -0.340 e. The van der Waals surface area contributed by atoms with Crippen LogP contribution in [0.15, 0.2) is 0 Å². The van der Waals surface area contributed by atoms with Gasteiger partial charge in [-0.05, 0) is 6.42 Å². The molecule has 0 atom stereocenters. The molecule has 5 nitrogen and oxygen atoms in total. The highest BCUT2D eigenvalue weighted by Gasteiger charge is 2.07. The minimum absolute atomic E-state index is 0.115. The first-order valence-electron chi connectivity index (χ1n) is 3.62. The van der Waals surface area contributed by atoms with Crippen molar-refractivity contribution in [3.63, 3.8) is 0 Å². The Labute approximate surface area is 82.2 Å². The van der Waals surface area contributed by atoms with Crippen LogP contribution >= 0.6 is 11.8 Å². The van der Waals surface area contributed by atoms with Crippen molar-refractivity contribution in [2.75, 3.05) is 25.6 Å².